The summed E-state index contributed by atoms with van der Waals surface area (Å²) >= 11 is 0. The van der Waals surface area contributed by atoms with E-state index in [9.17, 15) is 4.39 Å². The maximum Gasteiger partial charge on any atom is 0.101 e. The lowest BCUT2D eigenvalue weighted by Gasteiger charge is -2.28. The molecule has 0 amide bonds. The van der Waals surface area contributed by atoms with Crippen molar-refractivity contribution >= 4 is 0 Å². The lowest BCUT2D eigenvalue weighted by atomic mass is 9.78. The minimum atomic E-state index is -0.608. The summed E-state index contributed by atoms with van der Waals surface area (Å²) in [5.41, 5.74) is 1.66. The van der Waals surface area contributed by atoms with E-state index >= 15 is 0 Å². The molecule has 0 aliphatic heterocycles. The Kier molecular flexibility index (Phi) is 4.15. The first kappa shape index (κ1) is 11.7. The quantitative estimate of drug-likeness (QED) is 0.564. The Hall–Kier alpha value is -0.330. The van der Waals surface area contributed by atoms with Crippen molar-refractivity contribution in [1.82, 2.24) is 0 Å². The monoisotopic (exact) mass is 198 g/mol. The second-order valence-electron chi connectivity index (χ2n) is 4.81. The lowest BCUT2D eigenvalue weighted by Crippen LogP contribution is -2.20. The van der Waals surface area contributed by atoms with Gasteiger partial charge in [0.15, 0.2) is 0 Å². The average Bonchev–Trinajstić information content (AvgIpc) is 2.48. The smallest absolute Gasteiger partial charge is 0.101 e. The van der Waals surface area contributed by atoms with E-state index in [0.717, 1.165) is 12.8 Å². The Balaban J connectivity index is 2.63. The van der Waals surface area contributed by atoms with Crippen molar-refractivity contribution < 1.29 is 4.39 Å². The van der Waals surface area contributed by atoms with E-state index < -0.39 is 6.17 Å². The molecule has 1 aliphatic rings. The highest BCUT2D eigenvalue weighted by Gasteiger charge is 2.33. The van der Waals surface area contributed by atoms with Crippen LogP contribution in [-0.4, -0.2) is 6.17 Å². The van der Waals surface area contributed by atoms with Gasteiger partial charge in [-0.1, -0.05) is 31.9 Å². The molecule has 0 N–H and O–H groups in total. The van der Waals surface area contributed by atoms with Crippen molar-refractivity contribution in [3.63, 3.8) is 0 Å². The zero-order chi connectivity index (χ0) is 10.6. The summed E-state index contributed by atoms with van der Waals surface area (Å²) in [7, 11) is 0. The second kappa shape index (κ2) is 4.95. The summed E-state index contributed by atoms with van der Waals surface area (Å²) in [4.78, 5) is 0. The topological polar surface area (TPSA) is 0 Å². The van der Waals surface area contributed by atoms with Gasteiger partial charge in [-0.15, -0.1) is 0 Å². The molecule has 0 nitrogen and oxygen atoms in total. The molecule has 0 saturated heterocycles. The molecular weight excluding hydrogens is 175 g/mol. The maximum atomic E-state index is 13.4. The van der Waals surface area contributed by atoms with Crippen LogP contribution in [0.1, 0.15) is 59.3 Å². The van der Waals surface area contributed by atoms with Gasteiger partial charge in [-0.2, -0.15) is 0 Å². The van der Waals surface area contributed by atoms with Gasteiger partial charge in [-0.25, -0.2) is 4.39 Å². The normalized spacial score (nSPS) is 29.0. The number of hydrogen-bond acceptors (Lipinski definition) is 0. The number of hydrogen-bond donors (Lipinski definition) is 0. The van der Waals surface area contributed by atoms with Crippen molar-refractivity contribution in [2.45, 2.75) is 65.5 Å². The average molecular weight is 198 g/mol. The summed E-state index contributed by atoms with van der Waals surface area (Å²) in [6, 6.07) is 0. The highest BCUT2D eigenvalue weighted by molar-refractivity contribution is 5.15. The van der Waals surface area contributed by atoms with E-state index in [0.29, 0.717) is 6.42 Å². The predicted octanol–water partition coefficient (Wildman–Crippen LogP) is 4.65. The molecule has 0 aromatic heterocycles. The number of alkyl halides is 1. The Morgan fingerprint density at radius 3 is 2.64 bits per heavy atom. The summed E-state index contributed by atoms with van der Waals surface area (Å²) in [5, 5.41) is 0. The fourth-order valence-corrected chi connectivity index (χ4v) is 2.66. The van der Waals surface area contributed by atoms with Crippen LogP contribution in [0, 0.1) is 5.41 Å². The predicted molar refractivity (Wildman–Crippen MR) is 60.1 cm³/mol. The summed E-state index contributed by atoms with van der Waals surface area (Å²) in [6.45, 7) is 6.31. The fourth-order valence-electron chi connectivity index (χ4n) is 2.66. The molecule has 0 heterocycles. The van der Waals surface area contributed by atoms with Crippen LogP contribution in [0.15, 0.2) is 11.6 Å². The van der Waals surface area contributed by atoms with Gasteiger partial charge in [-0.05, 0) is 44.4 Å². The molecule has 0 fully saturated rings. The highest BCUT2D eigenvalue weighted by Crippen LogP contribution is 2.44. The Labute approximate surface area is 87.6 Å². The van der Waals surface area contributed by atoms with Gasteiger partial charge in [-0.3, -0.25) is 0 Å². The van der Waals surface area contributed by atoms with Gasteiger partial charge >= 0.3 is 0 Å². The molecule has 0 spiro atoms. The summed E-state index contributed by atoms with van der Waals surface area (Å²) < 4.78 is 13.4. The standard InChI is InChI=1S/C13H23F/c1-4-7-13(10-12(14)5-2)8-6-11(3)9-13/h9,12H,4-8,10H2,1-3H3/t12-,13+/m0/s1. The van der Waals surface area contributed by atoms with E-state index in [1.807, 2.05) is 6.92 Å². The molecule has 0 radical (unpaired) electrons. The third-order valence-electron chi connectivity index (χ3n) is 3.39. The Bertz CT molecular complexity index is 207. The van der Waals surface area contributed by atoms with Gasteiger partial charge in [0.25, 0.3) is 0 Å². The van der Waals surface area contributed by atoms with Gasteiger partial charge in [0.2, 0.25) is 0 Å². The van der Waals surface area contributed by atoms with Crippen LogP contribution in [0.5, 0.6) is 0 Å². The first-order chi connectivity index (χ1) is 6.62. The van der Waals surface area contributed by atoms with Crippen molar-refractivity contribution in [3.8, 4) is 0 Å². The molecule has 82 valence electrons. The third-order valence-corrected chi connectivity index (χ3v) is 3.39. The molecule has 0 aromatic rings. The van der Waals surface area contributed by atoms with Crippen LogP contribution in [-0.2, 0) is 0 Å². The van der Waals surface area contributed by atoms with Crippen LogP contribution in [0.2, 0.25) is 0 Å². The summed E-state index contributed by atoms with van der Waals surface area (Å²) in [6.07, 6.45) is 7.82. The SMILES string of the molecule is CCC[C@]1(C[C@@H](F)CC)C=C(C)CC1. The molecule has 0 saturated carbocycles. The maximum absolute atomic E-state index is 13.4. The van der Waals surface area contributed by atoms with E-state index in [-0.39, 0.29) is 5.41 Å². The molecule has 0 aromatic carbocycles. The number of rotatable bonds is 5. The highest BCUT2D eigenvalue weighted by atomic mass is 19.1. The number of halogens is 1. The largest absolute Gasteiger partial charge is 0.247 e. The zero-order valence-electron chi connectivity index (χ0n) is 9.78. The van der Waals surface area contributed by atoms with Crippen LogP contribution < -0.4 is 0 Å². The van der Waals surface area contributed by atoms with Crippen molar-refractivity contribution in [2.24, 2.45) is 5.41 Å². The van der Waals surface area contributed by atoms with Gasteiger partial charge < -0.3 is 0 Å². The molecule has 1 heteroatoms. The van der Waals surface area contributed by atoms with E-state index in [1.54, 1.807) is 0 Å². The van der Waals surface area contributed by atoms with Gasteiger partial charge in [0, 0.05) is 0 Å². The fraction of sp³-hybridized carbons (Fsp3) is 0.846. The van der Waals surface area contributed by atoms with E-state index in [1.165, 1.54) is 24.8 Å². The third kappa shape index (κ3) is 2.83. The molecular formula is C13H23F. The van der Waals surface area contributed by atoms with E-state index in [4.69, 9.17) is 0 Å². The molecule has 1 rings (SSSR count). The molecule has 1 aliphatic carbocycles. The van der Waals surface area contributed by atoms with Crippen LogP contribution in [0.25, 0.3) is 0 Å². The Morgan fingerprint density at radius 2 is 2.21 bits per heavy atom. The first-order valence-corrected chi connectivity index (χ1v) is 5.94. The zero-order valence-corrected chi connectivity index (χ0v) is 9.78. The Morgan fingerprint density at radius 1 is 1.50 bits per heavy atom. The van der Waals surface area contributed by atoms with Crippen LogP contribution >= 0.6 is 0 Å². The van der Waals surface area contributed by atoms with E-state index in [2.05, 4.69) is 19.9 Å². The van der Waals surface area contributed by atoms with Crippen molar-refractivity contribution in [2.75, 3.05) is 0 Å². The van der Waals surface area contributed by atoms with Crippen molar-refractivity contribution in [1.29, 1.82) is 0 Å². The van der Waals surface area contributed by atoms with Gasteiger partial charge in [0.05, 0.1) is 0 Å². The minimum absolute atomic E-state index is 0.203. The minimum Gasteiger partial charge on any atom is -0.247 e. The van der Waals surface area contributed by atoms with Crippen molar-refractivity contribution in [3.05, 3.63) is 11.6 Å². The molecule has 14 heavy (non-hydrogen) atoms. The van der Waals surface area contributed by atoms with Crippen LogP contribution in [0.4, 0.5) is 4.39 Å². The molecule has 0 bridgehead atoms. The number of allylic oxidation sites excluding steroid dienone is 2. The first-order valence-electron chi connectivity index (χ1n) is 5.94. The lowest BCUT2D eigenvalue weighted by molar-refractivity contribution is 0.199. The van der Waals surface area contributed by atoms with Gasteiger partial charge in [0.1, 0.15) is 6.17 Å². The summed E-state index contributed by atoms with van der Waals surface area (Å²) in [5.74, 6) is 0. The second-order valence-corrected chi connectivity index (χ2v) is 4.81. The van der Waals surface area contributed by atoms with Crippen LogP contribution in [0.3, 0.4) is 0 Å². The molecule has 0 unspecified atom stereocenters. The molecule has 2 atom stereocenters.